The molecule has 0 saturated carbocycles. The molecule has 5 heteroatoms. The van der Waals surface area contributed by atoms with E-state index in [0.717, 1.165) is 5.56 Å². The van der Waals surface area contributed by atoms with Crippen LogP contribution in [-0.4, -0.2) is 17.9 Å². The van der Waals surface area contributed by atoms with E-state index in [2.05, 4.69) is 10.5 Å². The highest BCUT2D eigenvalue weighted by molar-refractivity contribution is 5.81. The van der Waals surface area contributed by atoms with E-state index in [0.29, 0.717) is 5.56 Å². The van der Waals surface area contributed by atoms with Crippen LogP contribution in [0.5, 0.6) is 0 Å². The second kappa shape index (κ2) is 5.82. The highest BCUT2D eigenvalue weighted by Crippen LogP contribution is 2.06. The molecule has 0 unspecified atom stereocenters. The summed E-state index contributed by atoms with van der Waals surface area (Å²) in [5.41, 5.74) is 3.07. The fourth-order valence-corrected chi connectivity index (χ4v) is 1.10. The van der Waals surface area contributed by atoms with Crippen LogP contribution in [0.3, 0.4) is 0 Å². The first-order chi connectivity index (χ1) is 8.40. The van der Waals surface area contributed by atoms with Crippen LogP contribution in [0, 0.1) is 11.3 Å². The molecular weight excluding hydrogens is 230 g/mol. The second-order valence-electron chi connectivity index (χ2n) is 4.61. The number of rotatable bonds is 2. The molecule has 18 heavy (non-hydrogen) atoms. The van der Waals surface area contributed by atoms with Crippen molar-refractivity contribution in [3.63, 3.8) is 0 Å². The lowest BCUT2D eigenvalue weighted by molar-refractivity contribution is 0.0529. The van der Waals surface area contributed by atoms with Crippen molar-refractivity contribution >= 4 is 12.3 Å². The number of amides is 1. The predicted molar refractivity (Wildman–Crippen MR) is 68.1 cm³/mol. The second-order valence-corrected chi connectivity index (χ2v) is 4.61. The number of hydrazone groups is 1. The molecule has 94 valence electrons. The standard InChI is InChI=1S/C13H15N3O2/c1-13(2,3)18-12(17)16-15-9-11-6-4-10(8-14)5-7-11/h4-7,9H,1-3H3,(H,16,17)/b15-9-. The van der Waals surface area contributed by atoms with Crippen LogP contribution in [0.1, 0.15) is 31.9 Å². The maximum Gasteiger partial charge on any atom is 0.428 e. The molecule has 1 rings (SSSR count). The van der Waals surface area contributed by atoms with Crippen LogP contribution in [-0.2, 0) is 4.74 Å². The molecule has 0 fully saturated rings. The summed E-state index contributed by atoms with van der Waals surface area (Å²) in [4.78, 5) is 11.3. The molecule has 0 atom stereocenters. The summed E-state index contributed by atoms with van der Waals surface area (Å²) in [6.07, 6.45) is 0.873. The number of nitrogens with one attached hydrogen (secondary N) is 1. The molecule has 0 aliphatic carbocycles. The van der Waals surface area contributed by atoms with Gasteiger partial charge in [0.05, 0.1) is 17.8 Å². The lowest BCUT2D eigenvalue weighted by Gasteiger charge is -2.18. The van der Waals surface area contributed by atoms with Gasteiger partial charge in [0.2, 0.25) is 0 Å². The molecule has 1 aromatic rings. The Morgan fingerprint density at radius 2 is 2.00 bits per heavy atom. The predicted octanol–water partition coefficient (Wildman–Crippen LogP) is 2.42. The highest BCUT2D eigenvalue weighted by atomic mass is 16.6. The van der Waals surface area contributed by atoms with Crippen molar-refractivity contribution in [3.8, 4) is 6.07 Å². The van der Waals surface area contributed by atoms with E-state index in [1.165, 1.54) is 6.21 Å². The van der Waals surface area contributed by atoms with Crippen molar-refractivity contribution in [2.75, 3.05) is 0 Å². The minimum Gasteiger partial charge on any atom is -0.443 e. The summed E-state index contributed by atoms with van der Waals surface area (Å²) >= 11 is 0. The number of carbonyl (C=O) groups is 1. The summed E-state index contributed by atoms with van der Waals surface area (Å²) in [6, 6.07) is 8.84. The molecule has 0 aromatic heterocycles. The number of nitriles is 1. The monoisotopic (exact) mass is 245 g/mol. The summed E-state index contributed by atoms with van der Waals surface area (Å²) in [5, 5.41) is 12.4. The van der Waals surface area contributed by atoms with Gasteiger partial charge in [0.25, 0.3) is 0 Å². The average molecular weight is 245 g/mol. The van der Waals surface area contributed by atoms with E-state index in [1.54, 1.807) is 45.0 Å². The van der Waals surface area contributed by atoms with Gasteiger partial charge in [-0.2, -0.15) is 10.4 Å². The first-order valence-corrected chi connectivity index (χ1v) is 5.43. The van der Waals surface area contributed by atoms with Gasteiger partial charge in [-0.05, 0) is 38.5 Å². The minimum atomic E-state index is -0.604. The van der Waals surface area contributed by atoms with Gasteiger partial charge < -0.3 is 4.74 Å². The number of carbonyl (C=O) groups excluding carboxylic acids is 1. The van der Waals surface area contributed by atoms with Crippen LogP contribution in [0.15, 0.2) is 29.4 Å². The maximum absolute atomic E-state index is 11.3. The fraction of sp³-hybridized carbons (Fsp3) is 0.308. The number of hydrogen-bond acceptors (Lipinski definition) is 4. The lowest BCUT2D eigenvalue weighted by Crippen LogP contribution is -2.29. The quantitative estimate of drug-likeness (QED) is 0.642. The Bertz CT molecular complexity index is 478. The van der Waals surface area contributed by atoms with Gasteiger partial charge in [-0.15, -0.1) is 0 Å². The third-order valence-electron chi connectivity index (χ3n) is 1.81. The van der Waals surface area contributed by atoms with Crippen molar-refractivity contribution in [3.05, 3.63) is 35.4 Å². The molecule has 1 aromatic carbocycles. The highest BCUT2D eigenvalue weighted by Gasteiger charge is 2.15. The zero-order valence-corrected chi connectivity index (χ0v) is 10.6. The first-order valence-electron chi connectivity index (χ1n) is 5.43. The molecule has 5 nitrogen and oxygen atoms in total. The Morgan fingerprint density at radius 1 is 1.39 bits per heavy atom. The smallest absolute Gasteiger partial charge is 0.428 e. The molecule has 0 radical (unpaired) electrons. The van der Waals surface area contributed by atoms with Gasteiger partial charge in [-0.1, -0.05) is 12.1 Å². The maximum atomic E-state index is 11.3. The van der Waals surface area contributed by atoms with E-state index in [1.807, 2.05) is 6.07 Å². The largest absolute Gasteiger partial charge is 0.443 e. The summed E-state index contributed by atoms with van der Waals surface area (Å²) in [7, 11) is 0. The molecule has 0 aliphatic heterocycles. The van der Waals surface area contributed by atoms with E-state index in [-0.39, 0.29) is 0 Å². The third-order valence-corrected chi connectivity index (χ3v) is 1.81. The molecule has 0 bridgehead atoms. The summed E-state index contributed by atoms with van der Waals surface area (Å²) in [6.45, 7) is 5.32. The van der Waals surface area contributed by atoms with Crippen LogP contribution >= 0.6 is 0 Å². The van der Waals surface area contributed by atoms with Crippen molar-refractivity contribution in [2.45, 2.75) is 26.4 Å². The Hall–Kier alpha value is -2.35. The van der Waals surface area contributed by atoms with Crippen molar-refractivity contribution in [2.24, 2.45) is 5.10 Å². The Balaban J connectivity index is 2.50. The minimum absolute atomic E-state index is 0.548. The Morgan fingerprint density at radius 3 is 2.50 bits per heavy atom. The topological polar surface area (TPSA) is 74.5 Å². The van der Waals surface area contributed by atoms with E-state index in [9.17, 15) is 4.79 Å². The van der Waals surface area contributed by atoms with Crippen LogP contribution < -0.4 is 5.43 Å². The molecule has 0 heterocycles. The third kappa shape index (κ3) is 5.12. The van der Waals surface area contributed by atoms with Gasteiger partial charge in [-0.3, -0.25) is 0 Å². The van der Waals surface area contributed by atoms with Crippen molar-refractivity contribution < 1.29 is 9.53 Å². The zero-order valence-electron chi connectivity index (χ0n) is 10.6. The summed E-state index contributed by atoms with van der Waals surface area (Å²) in [5.74, 6) is 0. The van der Waals surface area contributed by atoms with Crippen LogP contribution in [0.4, 0.5) is 4.79 Å². The molecule has 0 saturated heterocycles. The number of nitrogens with zero attached hydrogens (tertiary/aromatic N) is 2. The van der Waals surface area contributed by atoms with E-state index in [4.69, 9.17) is 10.00 Å². The molecule has 1 N–H and O–H groups in total. The average Bonchev–Trinajstić information content (AvgIpc) is 2.27. The van der Waals surface area contributed by atoms with Gasteiger partial charge in [0.1, 0.15) is 5.60 Å². The number of benzene rings is 1. The molecule has 0 aliphatic rings. The van der Waals surface area contributed by atoms with Crippen LogP contribution in [0.2, 0.25) is 0 Å². The van der Waals surface area contributed by atoms with Crippen molar-refractivity contribution in [1.29, 1.82) is 5.26 Å². The Labute approximate surface area is 106 Å². The van der Waals surface area contributed by atoms with Gasteiger partial charge in [0, 0.05) is 0 Å². The zero-order chi connectivity index (χ0) is 13.6. The fourth-order valence-electron chi connectivity index (χ4n) is 1.10. The van der Waals surface area contributed by atoms with Crippen molar-refractivity contribution in [1.82, 2.24) is 5.43 Å². The van der Waals surface area contributed by atoms with Crippen LogP contribution in [0.25, 0.3) is 0 Å². The van der Waals surface area contributed by atoms with E-state index >= 15 is 0 Å². The molecule has 0 spiro atoms. The first kappa shape index (κ1) is 13.7. The van der Waals surface area contributed by atoms with Gasteiger partial charge >= 0.3 is 6.09 Å². The number of hydrogen-bond donors (Lipinski definition) is 1. The van der Waals surface area contributed by atoms with E-state index < -0.39 is 11.7 Å². The molecule has 1 amide bonds. The number of ether oxygens (including phenoxy) is 1. The lowest BCUT2D eigenvalue weighted by atomic mass is 10.2. The molecular formula is C13H15N3O2. The normalized spacial score (nSPS) is 11.0. The van der Waals surface area contributed by atoms with Gasteiger partial charge in [0.15, 0.2) is 0 Å². The SMILES string of the molecule is CC(C)(C)OC(=O)N/N=C\c1ccc(C#N)cc1. The Kier molecular flexibility index (Phi) is 4.44. The van der Waals surface area contributed by atoms with Gasteiger partial charge in [-0.25, -0.2) is 10.2 Å². The summed E-state index contributed by atoms with van der Waals surface area (Å²) < 4.78 is 5.01.